The van der Waals surface area contributed by atoms with Gasteiger partial charge in [-0.25, -0.2) is 4.57 Å². The molecule has 0 aromatic rings. The molecule has 0 aliphatic carbocycles. The molecule has 0 unspecified atom stereocenters. The first-order valence-electron chi connectivity index (χ1n) is 19.9. The van der Waals surface area contributed by atoms with Crippen molar-refractivity contribution in [2.45, 2.75) is 187 Å². The molecule has 0 rings (SSSR count). The maximum atomic E-state index is 12.4. The summed E-state index contributed by atoms with van der Waals surface area (Å²) in [4.78, 5) is 42.8. The molecule has 0 heterocycles. The monoisotopic (exact) mass is 725 g/mol. The lowest BCUT2D eigenvalue weighted by molar-refractivity contribution is -0.161. The predicted molar refractivity (Wildman–Crippen MR) is 207 cm³/mol. The molecule has 290 valence electrons. The van der Waals surface area contributed by atoms with Gasteiger partial charge in [0, 0.05) is 12.8 Å². The number of hydrogen-bond acceptors (Lipinski definition) is 6. The van der Waals surface area contributed by atoms with Gasteiger partial charge in [-0.3, -0.25) is 14.1 Å². The van der Waals surface area contributed by atoms with Gasteiger partial charge in [-0.2, -0.15) is 0 Å². The van der Waals surface area contributed by atoms with Crippen LogP contribution in [0.2, 0.25) is 0 Å². The summed E-state index contributed by atoms with van der Waals surface area (Å²) in [7, 11) is -4.76. The van der Waals surface area contributed by atoms with Crippen LogP contribution in [0.25, 0.3) is 0 Å². The fraction of sp³-hybridized carbons (Fsp3) is 0.756. The van der Waals surface area contributed by atoms with Crippen molar-refractivity contribution >= 4 is 19.8 Å². The second kappa shape index (κ2) is 36.8. The molecule has 8 nitrogen and oxygen atoms in total. The summed E-state index contributed by atoms with van der Waals surface area (Å²) in [6.45, 7) is 3.62. The number of carbonyl (C=O) groups excluding carboxylic acids is 2. The molecule has 9 heteroatoms. The van der Waals surface area contributed by atoms with Crippen LogP contribution in [0, 0.1) is 0 Å². The second-order valence-corrected chi connectivity index (χ2v) is 14.5. The predicted octanol–water partition coefficient (Wildman–Crippen LogP) is 12.0. The molecule has 0 fully saturated rings. The number of esters is 2. The Balaban J connectivity index is 4.01. The summed E-state index contributed by atoms with van der Waals surface area (Å²) in [5.74, 6) is -0.921. The highest BCUT2D eigenvalue weighted by Gasteiger charge is 2.22. The molecule has 0 spiro atoms. The highest BCUT2D eigenvalue weighted by atomic mass is 31.2. The zero-order valence-electron chi connectivity index (χ0n) is 31.8. The Morgan fingerprint density at radius 2 is 0.900 bits per heavy atom. The summed E-state index contributed by atoms with van der Waals surface area (Å²) in [5, 5.41) is 0. The molecule has 2 N–H and O–H groups in total. The topological polar surface area (TPSA) is 119 Å². The zero-order chi connectivity index (χ0) is 36.8. The second-order valence-electron chi connectivity index (χ2n) is 13.2. The molecule has 0 aromatic heterocycles. The van der Waals surface area contributed by atoms with Crippen LogP contribution in [0.15, 0.2) is 48.6 Å². The van der Waals surface area contributed by atoms with Crippen LogP contribution in [0.4, 0.5) is 0 Å². The Kier molecular flexibility index (Phi) is 35.3. The van der Waals surface area contributed by atoms with Crippen LogP contribution in [0.5, 0.6) is 0 Å². The van der Waals surface area contributed by atoms with E-state index in [0.29, 0.717) is 12.8 Å². The summed E-state index contributed by atoms with van der Waals surface area (Å²) < 4.78 is 26.3. The van der Waals surface area contributed by atoms with Gasteiger partial charge in [0.15, 0.2) is 6.10 Å². The zero-order valence-corrected chi connectivity index (χ0v) is 32.7. The molecular formula is C41H73O8P. The van der Waals surface area contributed by atoms with E-state index in [2.05, 4.69) is 67.0 Å². The lowest BCUT2D eigenvalue weighted by atomic mass is 10.1. The van der Waals surface area contributed by atoms with Crippen LogP contribution in [0.3, 0.4) is 0 Å². The van der Waals surface area contributed by atoms with Gasteiger partial charge in [0.2, 0.25) is 0 Å². The largest absolute Gasteiger partial charge is 0.469 e. The Hall–Kier alpha value is -1.99. The first-order valence-corrected chi connectivity index (χ1v) is 21.5. The van der Waals surface area contributed by atoms with E-state index in [1.54, 1.807) is 0 Å². The van der Waals surface area contributed by atoms with Crippen molar-refractivity contribution in [3.05, 3.63) is 48.6 Å². The first kappa shape index (κ1) is 48.0. The average Bonchev–Trinajstić information content (AvgIpc) is 3.08. The van der Waals surface area contributed by atoms with Crippen molar-refractivity contribution in [2.75, 3.05) is 13.2 Å². The van der Waals surface area contributed by atoms with Gasteiger partial charge in [-0.15, -0.1) is 0 Å². The van der Waals surface area contributed by atoms with Crippen molar-refractivity contribution in [3.63, 3.8) is 0 Å². The number of rotatable bonds is 36. The number of ether oxygens (including phenoxy) is 2. The number of carbonyl (C=O) groups is 2. The molecule has 0 saturated carbocycles. The molecule has 1 atom stereocenters. The minimum Gasteiger partial charge on any atom is -0.462 e. The van der Waals surface area contributed by atoms with E-state index in [1.807, 2.05) is 0 Å². The third-order valence-corrected chi connectivity index (χ3v) is 8.81. The van der Waals surface area contributed by atoms with Crippen LogP contribution < -0.4 is 0 Å². The van der Waals surface area contributed by atoms with E-state index in [1.165, 1.54) is 70.6 Å². The standard InChI is InChI=1S/C41H73O8P/c1-3-5-7-9-11-13-15-17-19-20-22-24-26-28-30-32-34-36-41(43)49-39(38-48-50(44,45)46)37-47-40(42)35-33-31-29-27-25-23-21-18-16-14-12-10-8-6-4-2/h11,13,17-19,21-22,24,39H,3-10,12,14-16,20,23,25-38H2,1-2H3,(H2,44,45,46)/b13-11+,19-17+,21-18+,24-22+/t39-/m1/s1. The summed E-state index contributed by atoms with van der Waals surface area (Å²) in [6, 6.07) is 0. The number of hydrogen-bond donors (Lipinski definition) is 2. The molecule has 0 aliphatic rings. The summed E-state index contributed by atoms with van der Waals surface area (Å²) in [5.41, 5.74) is 0. The van der Waals surface area contributed by atoms with Gasteiger partial charge in [0.05, 0.1) is 6.61 Å². The third-order valence-electron chi connectivity index (χ3n) is 8.32. The van der Waals surface area contributed by atoms with Crippen LogP contribution in [-0.2, 0) is 28.2 Å². The van der Waals surface area contributed by atoms with E-state index in [-0.39, 0.29) is 19.4 Å². The fourth-order valence-electron chi connectivity index (χ4n) is 5.31. The minimum absolute atomic E-state index is 0.183. The Bertz CT molecular complexity index is 952. The van der Waals surface area contributed by atoms with Crippen LogP contribution >= 0.6 is 7.82 Å². The normalized spacial score (nSPS) is 13.0. The van der Waals surface area contributed by atoms with Gasteiger partial charge in [-0.1, -0.05) is 140 Å². The molecule has 0 saturated heterocycles. The maximum absolute atomic E-state index is 12.4. The average molecular weight is 725 g/mol. The number of allylic oxidation sites excluding steroid dienone is 8. The maximum Gasteiger partial charge on any atom is 0.469 e. The lowest BCUT2D eigenvalue weighted by Gasteiger charge is -2.18. The van der Waals surface area contributed by atoms with Crippen molar-refractivity contribution in [1.82, 2.24) is 0 Å². The van der Waals surface area contributed by atoms with Crippen molar-refractivity contribution in [2.24, 2.45) is 0 Å². The lowest BCUT2D eigenvalue weighted by Crippen LogP contribution is -2.29. The van der Waals surface area contributed by atoms with Crippen molar-refractivity contribution in [1.29, 1.82) is 0 Å². The van der Waals surface area contributed by atoms with Crippen LogP contribution in [-0.4, -0.2) is 41.0 Å². The minimum atomic E-state index is -4.76. The summed E-state index contributed by atoms with van der Waals surface area (Å²) in [6.07, 6.45) is 44.0. The van der Waals surface area contributed by atoms with E-state index >= 15 is 0 Å². The van der Waals surface area contributed by atoms with Crippen molar-refractivity contribution in [3.8, 4) is 0 Å². The van der Waals surface area contributed by atoms with Crippen molar-refractivity contribution < 1.29 is 37.9 Å². The Labute approximate surface area is 305 Å². The van der Waals surface area contributed by atoms with Gasteiger partial charge in [-0.05, 0) is 77.0 Å². The van der Waals surface area contributed by atoms with Gasteiger partial charge < -0.3 is 19.3 Å². The SMILES string of the molecule is CCCCC/C=C/C/C=C/C/C=C/CCCCCCC(=O)O[C@H](COC(=O)CCCCCCC/C=C/CCCCCCCC)COP(=O)(O)O. The highest BCUT2D eigenvalue weighted by Crippen LogP contribution is 2.36. The number of unbranched alkanes of at least 4 members (excludes halogenated alkanes) is 18. The Morgan fingerprint density at radius 3 is 1.40 bits per heavy atom. The van der Waals surface area contributed by atoms with Gasteiger partial charge >= 0.3 is 19.8 Å². The number of phosphoric acid groups is 1. The third kappa shape index (κ3) is 38.8. The van der Waals surface area contributed by atoms with E-state index in [9.17, 15) is 14.2 Å². The molecule has 0 bridgehead atoms. The highest BCUT2D eigenvalue weighted by molar-refractivity contribution is 7.46. The Morgan fingerprint density at radius 1 is 0.520 bits per heavy atom. The molecule has 0 radical (unpaired) electrons. The first-order chi connectivity index (χ1) is 24.3. The van der Waals surface area contributed by atoms with E-state index in [0.717, 1.165) is 70.6 Å². The van der Waals surface area contributed by atoms with Crippen LogP contribution in [0.1, 0.15) is 181 Å². The molecule has 0 aliphatic heterocycles. The molecule has 50 heavy (non-hydrogen) atoms. The summed E-state index contributed by atoms with van der Waals surface area (Å²) >= 11 is 0. The van der Waals surface area contributed by atoms with E-state index in [4.69, 9.17) is 19.3 Å². The molecule has 0 amide bonds. The quantitative estimate of drug-likeness (QED) is 0.0284. The molecular weight excluding hydrogens is 651 g/mol. The van der Waals surface area contributed by atoms with Gasteiger partial charge in [0.25, 0.3) is 0 Å². The van der Waals surface area contributed by atoms with E-state index < -0.39 is 32.5 Å². The number of phosphoric ester groups is 1. The van der Waals surface area contributed by atoms with Gasteiger partial charge in [0.1, 0.15) is 6.61 Å². The fourth-order valence-corrected chi connectivity index (χ4v) is 5.67. The smallest absolute Gasteiger partial charge is 0.462 e. The molecule has 0 aromatic carbocycles.